The van der Waals surface area contributed by atoms with Gasteiger partial charge in [0.2, 0.25) is 0 Å². The second-order valence-corrected chi connectivity index (χ2v) is 6.75. The maximum absolute atomic E-state index is 11.9. The first kappa shape index (κ1) is 16.6. The highest BCUT2D eigenvalue weighted by Crippen LogP contribution is 2.16. The minimum Gasteiger partial charge on any atom is -0.396 e. The van der Waals surface area contributed by atoms with Crippen molar-refractivity contribution in [3.63, 3.8) is 0 Å². The van der Waals surface area contributed by atoms with Gasteiger partial charge in [-0.05, 0) is 57.7 Å². The summed E-state index contributed by atoms with van der Waals surface area (Å²) in [7, 11) is 0. The van der Waals surface area contributed by atoms with E-state index in [0.29, 0.717) is 6.54 Å². The van der Waals surface area contributed by atoms with E-state index < -0.39 is 0 Å². The van der Waals surface area contributed by atoms with Crippen LogP contribution in [0, 0.1) is 11.8 Å². The summed E-state index contributed by atoms with van der Waals surface area (Å²) in [4.78, 5) is 16.3. The van der Waals surface area contributed by atoms with Gasteiger partial charge in [0.25, 0.3) is 0 Å². The number of urea groups is 1. The molecule has 2 N–H and O–H groups in total. The number of carbonyl (C=O) groups excluding carboxylic acids is 1. The number of likely N-dealkylation sites (tertiary alicyclic amines) is 2. The zero-order valence-electron chi connectivity index (χ0n) is 13.4. The molecule has 0 aromatic carbocycles. The van der Waals surface area contributed by atoms with E-state index in [1.54, 1.807) is 0 Å². The summed E-state index contributed by atoms with van der Waals surface area (Å²) in [5.41, 5.74) is 0. The van der Waals surface area contributed by atoms with Crippen molar-refractivity contribution in [2.75, 3.05) is 45.9 Å². The summed E-state index contributed by atoms with van der Waals surface area (Å²) in [5.74, 6) is 1.17. The summed E-state index contributed by atoms with van der Waals surface area (Å²) in [6, 6.07) is 0.0396. The molecule has 2 aliphatic heterocycles. The van der Waals surface area contributed by atoms with Crippen molar-refractivity contribution >= 4 is 6.03 Å². The van der Waals surface area contributed by atoms with Crippen LogP contribution in [0.25, 0.3) is 0 Å². The fraction of sp³-hybridized carbons (Fsp3) is 0.938. The molecule has 2 saturated heterocycles. The molecule has 0 bridgehead atoms. The van der Waals surface area contributed by atoms with Crippen LogP contribution in [0.4, 0.5) is 4.79 Å². The summed E-state index contributed by atoms with van der Waals surface area (Å²) >= 11 is 0. The van der Waals surface area contributed by atoms with E-state index in [4.69, 9.17) is 5.11 Å². The molecule has 5 heteroatoms. The number of aliphatic hydroxyl groups excluding tert-OH is 1. The Morgan fingerprint density at radius 1 is 1.19 bits per heavy atom. The van der Waals surface area contributed by atoms with Crippen molar-refractivity contribution in [1.82, 2.24) is 15.1 Å². The first-order chi connectivity index (χ1) is 10.2. The molecule has 0 saturated carbocycles. The van der Waals surface area contributed by atoms with Gasteiger partial charge in [-0.1, -0.05) is 6.92 Å². The average Bonchev–Trinajstić information content (AvgIpc) is 2.98. The number of unbranched alkanes of at least 4 members (excludes halogenated alkanes) is 1. The Balaban J connectivity index is 1.49. The molecule has 2 heterocycles. The third-order valence-electron chi connectivity index (χ3n) is 4.88. The summed E-state index contributed by atoms with van der Waals surface area (Å²) in [5, 5.41) is 12.1. The second-order valence-electron chi connectivity index (χ2n) is 6.75. The number of piperidine rings is 1. The Morgan fingerprint density at radius 2 is 1.95 bits per heavy atom. The van der Waals surface area contributed by atoms with Gasteiger partial charge in [0.05, 0.1) is 0 Å². The van der Waals surface area contributed by atoms with Crippen LogP contribution in [0.5, 0.6) is 0 Å². The van der Waals surface area contributed by atoms with Gasteiger partial charge in [0.15, 0.2) is 0 Å². The van der Waals surface area contributed by atoms with Gasteiger partial charge in [-0.2, -0.15) is 0 Å². The lowest BCUT2D eigenvalue weighted by atomic mass is 9.99. The SMILES string of the molecule is CC1CCN(CCCCNC(=O)N2CCC(CO)C2)CC1. The van der Waals surface area contributed by atoms with Gasteiger partial charge < -0.3 is 20.2 Å². The highest BCUT2D eigenvalue weighted by Gasteiger charge is 2.25. The Labute approximate surface area is 128 Å². The van der Waals surface area contributed by atoms with Crippen LogP contribution < -0.4 is 5.32 Å². The van der Waals surface area contributed by atoms with Crippen LogP contribution >= 0.6 is 0 Å². The molecular weight excluding hydrogens is 266 g/mol. The molecule has 0 aromatic rings. The minimum atomic E-state index is 0.0396. The van der Waals surface area contributed by atoms with Crippen LogP contribution in [0.3, 0.4) is 0 Å². The van der Waals surface area contributed by atoms with Crippen LogP contribution in [0.1, 0.15) is 39.0 Å². The van der Waals surface area contributed by atoms with E-state index in [1.807, 2.05) is 4.90 Å². The number of rotatable bonds is 6. The topological polar surface area (TPSA) is 55.8 Å². The first-order valence-corrected chi connectivity index (χ1v) is 8.55. The molecule has 0 radical (unpaired) electrons. The number of nitrogens with zero attached hydrogens (tertiary/aromatic N) is 2. The smallest absolute Gasteiger partial charge is 0.317 e. The van der Waals surface area contributed by atoms with Gasteiger partial charge in [0.1, 0.15) is 0 Å². The van der Waals surface area contributed by atoms with Gasteiger partial charge in [-0.25, -0.2) is 4.79 Å². The lowest BCUT2D eigenvalue weighted by Crippen LogP contribution is -2.39. The Kier molecular flexibility index (Phi) is 6.77. The van der Waals surface area contributed by atoms with Gasteiger partial charge in [0, 0.05) is 32.2 Å². The van der Waals surface area contributed by atoms with E-state index in [-0.39, 0.29) is 18.6 Å². The lowest BCUT2D eigenvalue weighted by Gasteiger charge is -2.30. The molecule has 2 rings (SSSR count). The largest absolute Gasteiger partial charge is 0.396 e. The second kappa shape index (κ2) is 8.59. The zero-order valence-corrected chi connectivity index (χ0v) is 13.4. The van der Waals surface area contributed by atoms with Gasteiger partial charge in [-0.15, -0.1) is 0 Å². The highest BCUT2D eigenvalue weighted by atomic mass is 16.3. The minimum absolute atomic E-state index is 0.0396. The Morgan fingerprint density at radius 3 is 2.62 bits per heavy atom. The fourth-order valence-electron chi connectivity index (χ4n) is 3.22. The number of hydrogen-bond donors (Lipinski definition) is 2. The van der Waals surface area contributed by atoms with Crippen molar-refractivity contribution in [1.29, 1.82) is 0 Å². The number of nitrogens with one attached hydrogen (secondary N) is 1. The molecule has 5 nitrogen and oxygen atoms in total. The molecule has 1 unspecified atom stereocenters. The van der Waals surface area contributed by atoms with E-state index in [1.165, 1.54) is 32.5 Å². The first-order valence-electron chi connectivity index (χ1n) is 8.55. The molecule has 2 fully saturated rings. The number of hydrogen-bond acceptors (Lipinski definition) is 3. The molecule has 21 heavy (non-hydrogen) atoms. The normalized spacial score (nSPS) is 24.5. The van der Waals surface area contributed by atoms with E-state index in [0.717, 1.165) is 38.3 Å². The molecule has 122 valence electrons. The summed E-state index contributed by atoms with van der Waals surface area (Å²) < 4.78 is 0. The van der Waals surface area contributed by atoms with Crippen molar-refractivity contribution in [3.05, 3.63) is 0 Å². The van der Waals surface area contributed by atoms with Crippen LogP contribution in [-0.2, 0) is 0 Å². The third kappa shape index (κ3) is 5.47. The zero-order chi connectivity index (χ0) is 15.1. The van der Waals surface area contributed by atoms with Crippen molar-refractivity contribution in [2.45, 2.75) is 39.0 Å². The van der Waals surface area contributed by atoms with Crippen LogP contribution in [0.15, 0.2) is 0 Å². The molecule has 0 aliphatic carbocycles. The number of carbonyl (C=O) groups is 1. The predicted octanol–water partition coefficient (Wildman–Crippen LogP) is 1.52. The monoisotopic (exact) mass is 297 g/mol. The standard InChI is InChI=1S/C16H31N3O2/c1-14-4-9-18(10-5-14)8-3-2-7-17-16(21)19-11-6-15(12-19)13-20/h14-15,20H,2-13H2,1H3,(H,17,21). The predicted molar refractivity (Wildman–Crippen MR) is 84.2 cm³/mol. The Hall–Kier alpha value is -0.810. The molecule has 2 amide bonds. The molecule has 0 spiro atoms. The molecule has 1 atom stereocenters. The number of aliphatic hydroxyl groups is 1. The Bertz CT molecular complexity index is 317. The molecule has 2 aliphatic rings. The highest BCUT2D eigenvalue weighted by molar-refractivity contribution is 5.74. The van der Waals surface area contributed by atoms with E-state index in [2.05, 4.69) is 17.1 Å². The fourth-order valence-corrected chi connectivity index (χ4v) is 3.22. The van der Waals surface area contributed by atoms with E-state index in [9.17, 15) is 4.79 Å². The average molecular weight is 297 g/mol. The van der Waals surface area contributed by atoms with Crippen molar-refractivity contribution < 1.29 is 9.90 Å². The maximum atomic E-state index is 11.9. The summed E-state index contributed by atoms with van der Waals surface area (Å²) in [6.45, 7) is 8.43. The van der Waals surface area contributed by atoms with Crippen molar-refractivity contribution in [3.8, 4) is 0 Å². The third-order valence-corrected chi connectivity index (χ3v) is 4.88. The lowest BCUT2D eigenvalue weighted by molar-refractivity contribution is 0.187. The van der Waals surface area contributed by atoms with E-state index >= 15 is 0 Å². The maximum Gasteiger partial charge on any atom is 0.317 e. The molecular formula is C16H31N3O2. The summed E-state index contributed by atoms with van der Waals surface area (Å²) in [6.07, 6.45) is 5.80. The van der Waals surface area contributed by atoms with Gasteiger partial charge in [-0.3, -0.25) is 0 Å². The quantitative estimate of drug-likeness (QED) is 0.731. The molecule has 0 aromatic heterocycles. The van der Waals surface area contributed by atoms with Crippen molar-refractivity contribution in [2.24, 2.45) is 11.8 Å². The van der Waals surface area contributed by atoms with Gasteiger partial charge >= 0.3 is 6.03 Å². The number of amides is 2. The van der Waals surface area contributed by atoms with Crippen LogP contribution in [-0.4, -0.2) is 66.8 Å². The van der Waals surface area contributed by atoms with Crippen LogP contribution in [0.2, 0.25) is 0 Å².